The van der Waals surface area contributed by atoms with Crippen molar-refractivity contribution in [2.24, 2.45) is 4.99 Å². The smallest absolute Gasteiger partial charge is 0.296 e. The monoisotopic (exact) mass is 491 g/mol. The van der Waals surface area contributed by atoms with Crippen LogP contribution in [0.25, 0.3) is 16.6 Å². The molecular formula is C30H26FN5O. The van der Waals surface area contributed by atoms with Crippen LogP contribution in [0.2, 0.25) is 0 Å². The molecule has 1 aromatic carbocycles. The number of hydrogen-bond donors (Lipinski definition) is 1. The van der Waals surface area contributed by atoms with Gasteiger partial charge in [0.25, 0.3) is 5.91 Å². The van der Waals surface area contributed by atoms with E-state index in [1.807, 2.05) is 25.1 Å². The topological polar surface area (TPSA) is 75.4 Å². The lowest BCUT2D eigenvalue weighted by atomic mass is 9.84. The van der Waals surface area contributed by atoms with Crippen molar-refractivity contribution in [2.45, 2.75) is 39.0 Å². The molecule has 6 rings (SSSR count). The fourth-order valence-corrected chi connectivity index (χ4v) is 5.09. The van der Waals surface area contributed by atoms with Gasteiger partial charge in [-0.15, -0.1) is 0 Å². The molecule has 37 heavy (non-hydrogen) atoms. The Bertz CT molecular complexity index is 1740. The predicted molar refractivity (Wildman–Crippen MR) is 143 cm³/mol. The number of halogens is 1. The number of nitrogens with zero attached hydrogens (tertiary/aromatic N) is 4. The normalized spacial score (nSPS) is 16.5. The number of aliphatic imine (C=N–C) groups is 1. The summed E-state index contributed by atoms with van der Waals surface area (Å²) >= 11 is 0. The summed E-state index contributed by atoms with van der Waals surface area (Å²) in [4.78, 5) is 30.6. The van der Waals surface area contributed by atoms with E-state index in [2.05, 4.69) is 59.1 Å². The largest absolute Gasteiger partial charge is 0.357 e. The number of nitrogens with one attached hydrogen (secondary N) is 1. The van der Waals surface area contributed by atoms with Crippen molar-refractivity contribution in [3.63, 3.8) is 0 Å². The first-order valence-corrected chi connectivity index (χ1v) is 12.4. The van der Waals surface area contributed by atoms with Gasteiger partial charge in [-0.3, -0.25) is 14.2 Å². The minimum atomic E-state index is -0.428. The van der Waals surface area contributed by atoms with Crippen LogP contribution in [0.5, 0.6) is 0 Å². The highest BCUT2D eigenvalue weighted by Gasteiger charge is 2.29. The Kier molecular flexibility index (Phi) is 5.56. The quantitative estimate of drug-likeness (QED) is 0.317. The second kappa shape index (κ2) is 8.92. The average Bonchev–Trinajstić information content (AvgIpc) is 3.48. The van der Waals surface area contributed by atoms with Crippen molar-refractivity contribution < 1.29 is 9.18 Å². The second-order valence-corrected chi connectivity index (χ2v) is 9.81. The average molecular weight is 492 g/mol. The molecule has 0 fully saturated rings. The summed E-state index contributed by atoms with van der Waals surface area (Å²) in [6.45, 7) is 6.28. The van der Waals surface area contributed by atoms with Crippen LogP contribution in [0, 0.1) is 5.82 Å². The number of para-hydroxylation sites is 1. The molecule has 4 heterocycles. The number of allylic oxidation sites excluding steroid dienone is 2. The molecule has 0 aliphatic heterocycles. The number of pyridine rings is 2. The number of hydrogen-bond acceptors (Lipinski definition) is 3. The highest BCUT2D eigenvalue weighted by Crippen LogP contribution is 2.37. The van der Waals surface area contributed by atoms with Crippen molar-refractivity contribution in [3.8, 4) is 0 Å². The molecule has 1 amide bonds. The van der Waals surface area contributed by atoms with Crippen molar-refractivity contribution in [1.82, 2.24) is 19.4 Å². The fourth-order valence-electron chi connectivity index (χ4n) is 5.09. The Balaban J connectivity index is 1.45. The second-order valence-electron chi connectivity index (χ2n) is 9.81. The van der Waals surface area contributed by atoms with Gasteiger partial charge in [-0.05, 0) is 42.7 Å². The SMILES string of the molecule is CC1=CC(Cc2cccc(C(C)C)n2)c2[nH]c3ccccc3c2C1=NC(=O)c1cnc2cc(F)ccn12. The van der Waals surface area contributed by atoms with Gasteiger partial charge in [-0.1, -0.05) is 44.2 Å². The number of H-pyrrole nitrogens is 1. The molecule has 1 N–H and O–H groups in total. The molecule has 1 aliphatic rings. The van der Waals surface area contributed by atoms with Crippen molar-refractivity contribution in [2.75, 3.05) is 0 Å². The van der Waals surface area contributed by atoms with E-state index >= 15 is 0 Å². The molecule has 7 heteroatoms. The van der Waals surface area contributed by atoms with Gasteiger partial charge in [-0.25, -0.2) is 14.4 Å². The van der Waals surface area contributed by atoms with Gasteiger partial charge in [0.1, 0.15) is 17.2 Å². The van der Waals surface area contributed by atoms with Gasteiger partial charge in [0, 0.05) is 58.2 Å². The van der Waals surface area contributed by atoms with Crippen molar-refractivity contribution >= 4 is 28.2 Å². The van der Waals surface area contributed by atoms with Gasteiger partial charge >= 0.3 is 0 Å². The first kappa shape index (κ1) is 23.0. The number of fused-ring (bicyclic) bond motifs is 4. The molecule has 0 spiro atoms. The van der Waals surface area contributed by atoms with Crippen LogP contribution in [-0.2, 0) is 6.42 Å². The third-order valence-corrected chi connectivity index (χ3v) is 6.92. The zero-order valence-corrected chi connectivity index (χ0v) is 20.9. The number of benzene rings is 1. The molecule has 0 saturated carbocycles. The molecular weight excluding hydrogens is 465 g/mol. The number of carbonyl (C=O) groups is 1. The van der Waals surface area contributed by atoms with Crippen LogP contribution in [0.1, 0.15) is 65.7 Å². The first-order chi connectivity index (χ1) is 17.9. The van der Waals surface area contributed by atoms with Crippen LogP contribution in [-0.4, -0.2) is 31.0 Å². The van der Waals surface area contributed by atoms with E-state index in [0.29, 0.717) is 17.3 Å². The summed E-state index contributed by atoms with van der Waals surface area (Å²) in [6, 6.07) is 16.9. The lowest BCUT2D eigenvalue weighted by Gasteiger charge is -2.22. The lowest BCUT2D eigenvalue weighted by molar-refractivity contribution is 0.0997. The van der Waals surface area contributed by atoms with E-state index in [-0.39, 0.29) is 11.6 Å². The van der Waals surface area contributed by atoms with Gasteiger partial charge in [-0.2, -0.15) is 0 Å². The van der Waals surface area contributed by atoms with Crippen molar-refractivity contribution in [1.29, 1.82) is 0 Å². The van der Waals surface area contributed by atoms with E-state index < -0.39 is 11.7 Å². The fraction of sp³-hybridized carbons (Fsp3) is 0.200. The maximum atomic E-state index is 13.6. The molecule has 1 aliphatic carbocycles. The summed E-state index contributed by atoms with van der Waals surface area (Å²) in [5.41, 5.74) is 7.27. The molecule has 6 nitrogen and oxygen atoms in total. The Morgan fingerprint density at radius 3 is 2.84 bits per heavy atom. The molecule has 0 radical (unpaired) electrons. The Morgan fingerprint density at radius 1 is 1.16 bits per heavy atom. The van der Waals surface area contributed by atoms with Crippen LogP contribution < -0.4 is 0 Å². The molecule has 184 valence electrons. The zero-order chi connectivity index (χ0) is 25.7. The highest BCUT2D eigenvalue weighted by atomic mass is 19.1. The van der Waals surface area contributed by atoms with Crippen LogP contribution >= 0.6 is 0 Å². The van der Waals surface area contributed by atoms with Gasteiger partial charge < -0.3 is 4.98 Å². The number of carbonyl (C=O) groups excluding carboxylic acids is 1. The van der Waals surface area contributed by atoms with Gasteiger partial charge in [0.15, 0.2) is 0 Å². The number of rotatable bonds is 4. The third kappa shape index (κ3) is 4.06. The molecule has 5 aromatic rings. The van der Waals surface area contributed by atoms with Gasteiger partial charge in [0.2, 0.25) is 0 Å². The Labute approximate surface area is 213 Å². The third-order valence-electron chi connectivity index (χ3n) is 6.92. The minimum absolute atomic E-state index is 0.0603. The number of aromatic nitrogens is 4. The minimum Gasteiger partial charge on any atom is -0.357 e. The summed E-state index contributed by atoms with van der Waals surface area (Å²) in [5.74, 6) is -0.418. The summed E-state index contributed by atoms with van der Waals surface area (Å²) in [7, 11) is 0. The predicted octanol–water partition coefficient (Wildman–Crippen LogP) is 6.39. The molecule has 0 bridgehead atoms. The first-order valence-electron chi connectivity index (χ1n) is 12.4. The summed E-state index contributed by atoms with van der Waals surface area (Å²) < 4.78 is 15.2. The molecule has 0 saturated heterocycles. The maximum absolute atomic E-state index is 13.6. The molecule has 1 unspecified atom stereocenters. The van der Waals surface area contributed by atoms with E-state index in [1.165, 1.54) is 24.5 Å². The van der Waals surface area contributed by atoms with Gasteiger partial charge in [0.05, 0.1) is 11.9 Å². The van der Waals surface area contributed by atoms with Crippen LogP contribution in [0.15, 0.2) is 83.6 Å². The van der Waals surface area contributed by atoms with Crippen molar-refractivity contribution in [3.05, 3.63) is 113 Å². The lowest BCUT2D eigenvalue weighted by Crippen LogP contribution is -2.18. The molecule has 4 aromatic heterocycles. The van der Waals surface area contributed by atoms with E-state index in [4.69, 9.17) is 4.98 Å². The highest BCUT2D eigenvalue weighted by molar-refractivity contribution is 6.24. The number of aromatic amines is 1. The van der Waals surface area contributed by atoms with E-state index in [0.717, 1.165) is 45.5 Å². The van der Waals surface area contributed by atoms with Crippen LogP contribution in [0.3, 0.4) is 0 Å². The zero-order valence-electron chi connectivity index (χ0n) is 20.9. The van der Waals surface area contributed by atoms with Crippen LogP contribution in [0.4, 0.5) is 4.39 Å². The van der Waals surface area contributed by atoms with E-state index in [9.17, 15) is 9.18 Å². The standard InChI is InChI=1S/C30H26FN5O/c1-17(2)23-10-6-7-21(33-23)14-19-13-18(3)28(27-22-8-4-5-9-24(22)34-29(19)27)35-30(37)25-16-32-26-15-20(31)11-12-36(25)26/h4-13,15-17,19,34H,14H2,1-3H3. The number of amides is 1. The number of imidazole rings is 1. The maximum Gasteiger partial charge on any atom is 0.296 e. The van der Waals surface area contributed by atoms with E-state index in [1.54, 1.807) is 4.40 Å². The Hall–Kier alpha value is -4.39. The summed E-state index contributed by atoms with van der Waals surface area (Å²) in [6.07, 6.45) is 5.84. The molecule has 1 atom stereocenters. The Morgan fingerprint density at radius 2 is 2.00 bits per heavy atom. The summed E-state index contributed by atoms with van der Waals surface area (Å²) in [5, 5.41) is 1.02.